The van der Waals surface area contributed by atoms with Crippen molar-refractivity contribution in [3.05, 3.63) is 11.3 Å². The van der Waals surface area contributed by atoms with Crippen LogP contribution in [0.3, 0.4) is 0 Å². The normalized spacial score (nSPS) is 26.8. The number of fused-ring (bicyclic) bond motifs is 1. The lowest BCUT2D eigenvalue weighted by atomic mass is 9.79. The monoisotopic (exact) mass is 327 g/mol. The lowest BCUT2D eigenvalue weighted by molar-refractivity contribution is 0.338. The summed E-state index contributed by atoms with van der Waals surface area (Å²) in [6.45, 7) is 15.3. The zero-order valence-electron chi connectivity index (χ0n) is 15.1. The van der Waals surface area contributed by atoms with E-state index in [9.17, 15) is 8.42 Å². The summed E-state index contributed by atoms with van der Waals surface area (Å²) in [7, 11) is -1.61. The van der Waals surface area contributed by atoms with Gasteiger partial charge in [0.1, 0.15) is 11.7 Å². The van der Waals surface area contributed by atoms with Crippen molar-refractivity contribution < 1.29 is 8.42 Å². The van der Waals surface area contributed by atoms with Crippen molar-refractivity contribution >= 4 is 15.9 Å². The molecule has 0 saturated carbocycles. The predicted octanol–water partition coefficient (Wildman–Crippen LogP) is 2.67. The molecule has 0 unspecified atom stereocenters. The molecule has 126 valence electrons. The molecule has 0 radical (unpaired) electrons. The molecule has 0 aromatic carbocycles. The summed E-state index contributed by atoms with van der Waals surface area (Å²) in [6.07, 6.45) is 0. The minimum absolute atomic E-state index is 0.0127. The maximum Gasteiger partial charge on any atom is 0.232 e. The lowest BCUT2D eigenvalue weighted by Crippen LogP contribution is -2.55. The van der Waals surface area contributed by atoms with Gasteiger partial charge in [0.2, 0.25) is 10.0 Å². The number of amidine groups is 1. The number of likely N-dealkylation sites (N-methyl/N-ethyl adjacent to an activating group) is 1. The van der Waals surface area contributed by atoms with Crippen molar-refractivity contribution in [1.82, 2.24) is 9.21 Å². The second kappa shape index (κ2) is 5.06. The number of rotatable bonds is 0. The minimum atomic E-state index is -3.27. The lowest BCUT2D eigenvalue weighted by Gasteiger charge is -2.47. The minimum Gasteiger partial charge on any atom is -0.316 e. The molecule has 0 aliphatic carbocycles. The van der Waals surface area contributed by atoms with Crippen LogP contribution in [0.15, 0.2) is 16.3 Å². The van der Waals surface area contributed by atoms with Gasteiger partial charge in [0, 0.05) is 18.2 Å². The number of aliphatic imine (C=N–C) groups is 1. The molecule has 0 aromatic heterocycles. The Kier molecular flexibility index (Phi) is 4.02. The van der Waals surface area contributed by atoms with E-state index in [1.807, 2.05) is 4.90 Å². The zero-order valence-corrected chi connectivity index (χ0v) is 15.9. The average molecular weight is 327 g/mol. The third-order valence-corrected chi connectivity index (χ3v) is 5.91. The predicted molar refractivity (Wildman–Crippen MR) is 91.1 cm³/mol. The topological polar surface area (TPSA) is 53.0 Å². The van der Waals surface area contributed by atoms with Crippen molar-refractivity contribution in [3.8, 4) is 0 Å². The number of nitrogens with zero attached hydrogens (tertiary/aromatic N) is 3. The SMILES string of the molecule is C[C@@H]1N=C(C(C)(C)C)N2CS(=O)(=O)N(C)CC2=C1C(C)(C)C. The fraction of sp³-hybridized carbons (Fsp3) is 0.812. The van der Waals surface area contributed by atoms with Gasteiger partial charge in [0.05, 0.1) is 12.6 Å². The van der Waals surface area contributed by atoms with Gasteiger partial charge < -0.3 is 4.90 Å². The first kappa shape index (κ1) is 17.5. The Morgan fingerprint density at radius 1 is 1.09 bits per heavy atom. The van der Waals surface area contributed by atoms with Crippen molar-refractivity contribution in [3.63, 3.8) is 0 Å². The van der Waals surface area contributed by atoms with E-state index >= 15 is 0 Å². The first-order chi connectivity index (χ1) is 9.75. The van der Waals surface area contributed by atoms with Crippen molar-refractivity contribution in [2.45, 2.75) is 54.5 Å². The van der Waals surface area contributed by atoms with Crippen LogP contribution in [0.4, 0.5) is 0 Å². The van der Waals surface area contributed by atoms with Crippen LogP contribution in [0.1, 0.15) is 48.5 Å². The summed E-state index contributed by atoms with van der Waals surface area (Å²) in [5.41, 5.74) is 2.12. The van der Waals surface area contributed by atoms with Crippen molar-refractivity contribution in [1.29, 1.82) is 0 Å². The molecule has 1 fully saturated rings. The molecule has 2 aliphatic heterocycles. The Balaban J connectivity index is 2.65. The molecule has 22 heavy (non-hydrogen) atoms. The molecule has 6 heteroatoms. The Hall–Kier alpha value is -0.880. The third-order valence-electron chi connectivity index (χ3n) is 4.24. The van der Waals surface area contributed by atoms with Gasteiger partial charge in [-0.3, -0.25) is 4.99 Å². The Labute approximate surface area is 135 Å². The van der Waals surface area contributed by atoms with Gasteiger partial charge in [-0.1, -0.05) is 41.5 Å². The van der Waals surface area contributed by atoms with E-state index in [-0.39, 0.29) is 22.7 Å². The molecule has 5 nitrogen and oxygen atoms in total. The van der Waals surface area contributed by atoms with Gasteiger partial charge in [-0.05, 0) is 17.9 Å². The van der Waals surface area contributed by atoms with Crippen LogP contribution in [0.25, 0.3) is 0 Å². The van der Waals surface area contributed by atoms with Crippen LogP contribution in [0, 0.1) is 10.8 Å². The summed E-state index contributed by atoms with van der Waals surface area (Å²) >= 11 is 0. The van der Waals surface area contributed by atoms with Gasteiger partial charge in [-0.25, -0.2) is 8.42 Å². The quantitative estimate of drug-likeness (QED) is 0.687. The Morgan fingerprint density at radius 2 is 1.64 bits per heavy atom. The van der Waals surface area contributed by atoms with E-state index in [1.54, 1.807) is 7.05 Å². The van der Waals surface area contributed by atoms with Gasteiger partial charge in [-0.15, -0.1) is 0 Å². The van der Waals surface area contributed by atoms with Crippen LogP contribution in [-0.4, -0.2) is 49.0 Å². The molecule has 2 rings (SSSR count). The highest BCUT2D eigenvalue weighted by atomic mass is 32.2. The fourth-order valence-electron chi connectivity index (χ4n) is 3.37. The van der Waals surface area contributed by atoms with Crippen LogP contribution in [0.2, 0.25) is 0 Å². The standard InChI is InChI=1S/C16H29N3O2S/c1-11-13(15(2,3)4)12-9-18(8)22(20,21)10-19(12)14(17-11)16(5,6)7/h11H,9-10H2,1-8H3/t11-/m0/s1. The van der Waals surface area contributed by atoms with E-state index < -0.39 is 10.0 Å². The number of sulfonamides is 1. The molecule has 2 heterocycles. The van der Waals surface area contributed by atoms with E-state index in [0.29, 0.717) is 6.54 Å². The molecule has 0 spiro atoms. The first-order valence-electron chi connectivity index (χ1n) is 7.78. The van der Waals surface area contributed by atoms with Gasteiger partial charge in [0.25, 0.3) is 0 Å². The fourth-order valence-corrected chi connectivity index (χ4v) is 4.49. The molecular weight excluding hydrogens is 298 g/mol. The largest absolute Gasteiger partial charge is 0.316 e. The van der Waals surface area contributed by atoms with E-state index in [4.69, 9.17) is 4.99 Å². The molecule has 0 amide bonds. The molecule has 0 N–H and O–H groups in total. The number of hydrogen-bond donors (Lipinski definition) is 0. The van der Waals surface area contributed by atoms with Crippen LogP contribution < -0.4 is 0 Å². The molecule has 1 saturated heterocycles. The van der Waals surface area contributed by atoms with Crippen LogP contribution >= 0.6 is 0 Å². The van der Waals surface area contributed by atoms with Crippen LogP contribution in [-0.2, 0) is 10.0 Å². The van der Waals surface area contributed by atoms with Crippen LogP contribution in [0.5, 0.6) is 0 Å². The molecule has 0 bridgehead atoms. The zero-order chi connectivity index (χ0) is 17.1. The molecular formula is C16H29N3O2S. The Morgan fingerprint density at radius 3 is 2.09 bits per heavy atom. The van der Waals surface area contributed by atoms with Crippen molar-refractivity contribution in [2.24, 2.45) is 15.8 Å². The third kappa shape index (κ3) is 2.95. The second-order valence-electron chi connectivity index (χ2n) is 8.41. The smallest absolute Gasteiger partial charge is 0.232 e. The average Bonchev–Trinajstić information content (AvgIpc) is 2.27. The Bertz CT molecular complexity index is 633. The summed E-state index contributed by atoms with van der Waals surface area (Å²) in [5, 5.41) is 0. The maximum atomic E-state index is 12.4. The highest BCUT2D eigenvalue weighted by molar-refractivity contribution is 7.89. The van der Waals surface area contributed by atoms with E-state index in [0.717, 1.165) is 11.5 Å². The molecule has 2 aliphatic rings. The molecule has 1 atom stereocenters. The summed E-state index contributed by atoms with van der Waals surface area (Å²) in [6, 6.07) is 0.0784. The van der Waals surface area contributed by atoms with Gasteiger partial charge in [-0.2, -0.15) is 4.31 Å². The summed E-state index contributed by atoms with van der Waals surface area (Å²) in [4.78, 5) is 6.82. The first-order valence-corrected chi connectivity index (χ1v) is 9.39. The molecule has 0 aromatic rings. The number of hydrogen-bond acceptors (Lipinski definition) is 4. The van der Waals surface area contributed by atoms with Crippen molar-refractivity contribution in [2.75, 3.05) is 19.5 Å². The van der Waals surface area contributed by atoms with E-state index in [2.05, 4.69) is 48.5 Å². The van der Waals surface area contributed by atoms with Gasteiger partial charge >= 0.3 is 0 Å². The van der Waals surface area contributed by atoms with E-state index in [1.165, 1.54) is 9.88 Å². The highest BCUT2D eigenvalue weighted by Gasteiger charge is 2.43. The highest BCUT2D eigenvalue weighted by Crippen LogP contribution is 2.40. The summed E-state index contributed by atoms with van der Waals surface area (Å²) < 4.78 is 26.2. The summed E-state index contributed by atoms with van der Waals surface area (Å²) in [5.74, 6) is 0.862. The van der Waals surface area contributed by atoms with Gasteiger partial charge in [0.15, 0.2) is 0 Å². The second-order valence-corrected chi connectivity index (χ2v) is 10.5. The maximum absolute atomic E-state index is 12.4.